The van der Waals surface area contributed by atoms with Crippen molar-refractivity contribution < 1.29 is 13.9 Å². The van der Waals surface area contributed by atoms with Crippen LogP contribution in [0.4, 0.5) is 10.1 Å². The summed E-state index contributed by atoms with van der Waals surface area (Å²) >= 11 is 3.42. The van der Waals surface area contributed by atoms with E-state index in [-0.39, 0.29) is 5.82 Å². The molecule has 20 heavy (non-hydrogen) atoms. The lowest BCUT2D eigenvalue weighted by atomic mass is 10.1. The first-order valence-electron chi connectivity index (χ1n) is 6.97. The minimum Gasteiger partial charge on any atom is -0.380 e. The number of rotatable bonds is 10. The third kappa shape index (κ3) is 5.77. The van der Waals surface area contributed by atoms with Gasteiger partial charge in [-0.05, 0) is 37.6 Å². The Balaban J connectivity index is 2.78. The number of alkyl halides is 1. The summed E-state index contributed by atoms with van der Waals surface area (Å²) in [5.41, 5.74) is 1.97. The highest BCUT2D eigenvalue weighted by molar-refractivity contribution is 9.08. The van der Waals surface area contributed by atoms with E-state index in [0.717, 1.165) is 24.3 Å². The van der Waals surface area contributed by atoms with E-state index < -0.39 is 0 Å². The fourth-order valence-electron chi connectivity index (χ4n) is 1.96. The average molecular weight is 348 g/mol. The normalized spacial score (nSPS) is 10.8. The maximum absolute atomic E-state index is 13.3. The quantitative estimate of drug-likeness (QED) is 0.476. The summed E-state index contributed by atoms with van der Waals surface area (Å²) in [7, 11) is 0. The molecule has 0 aliphatic rings. The lowest BCUT2D eigenvalue weighted by Gasteiger charge is -2.26. The Morgan fingerprint density at radius 1 is 1.10 bits per heavy atom. The van der Waals surface area contributed by atoms with E-state index in [0.29, 0.717) is 31.8 Å². The highest BCUT2D eigenvalue weighted by Gasteiger charge is 2.11. The third-order valence-electron chi connectivity index (χ3n) is 2.95. The van der Waals surface area contributed by atoms with E-state index in [2.05, 4.69) is 20.8 Å². The van der Waals surface area contributed by atoms with Gasteiger partial charge in [-0.15, -0.1) is 0 Å². The van der Waals surface area contributed by atoms with Crippen molar-refractivity contribution in [2.24, 2.45) is 0 Å². The van der Waals surface area contributed by atoms with Gasteiger partial charge >= 0.3 is 0 Å². The Bertz CT molecular complexity index is 380. The van der Waals surface area contributed by atoms with Crippen LogP contribution in [0, 0.1) is 5.82 Å². The van der Waals surface area contributed by atoms with Crippen molar-refractivity contribution in [3.8, 4) is 0 Å². The van der Waals surface area contributed by atoms with Crippen LogP contribution < -0.4 is 4.90 Å². The molecule has 0 heterocycles. The average Bonchev–Trinajstić information content (AvgIpc) is 2.46. The van der Waals surface area contributed by atoms with Gasteiger partial charge in [0.15, 0.2) is 0 Å². The molecule has 0 spiro atoms. The van der Waals surface area contributed by atoms with Crippen LogP contribution in [0.25, 0.3) is 0 Å². The van der Waals surface area contributed by atoms with Gasteiger partial charge < -0.3 is 14.4 Å². The molecule has 0 radical (unpaired) electrons. The molecule has 0 amide bonds. The second-order valence-electron chi connectivity index (χ2n) is 4.29. The summed E-state index contributed by atoms with van der Waals surface area (Å²) in [5.74, 6) is -0.210. The first-order valence-corrected chi connectivity index (χ1v) is 8.09. The fraction of sp³-hybridized carbons (Fsp3) is 0.600. The number of anilines is 1. The van der Waals surface area contributed by atoms with Gasteiger partial charge in [-0.2, -0.15) is 0 Å². The lowest BCUT2D eigenvalue weighted by Crippen LogP contribution is -2.31. The van der Waals surface area contributed by atoms with Gasteiger partial charge in [-0.3, -0.25) is 0 Å². The molecule has 0 aromatic heterocycles. The summed E-state index contributed by atoms with van der Waals surface area (Å²) in [4.78, 5) is 2.18. The molecule has 114 valence electrons. The molecule has 1 aromatic carbocycles. The molecule has 0 unspecified atom stereocenters. The Hall–Kier alpha value is -0.650. The summed E-state index contributed by atoms with van der Waals surface area (Å²) in [6.45, 7) is 8.21. The molecule has 0 aliphatic carbocycles. The lowest BCUT2D eigenvalue weighted by molar-refractivity contribution is 0.141. The molecule has 0 saturated carbocycles. The number of benzene rings is 1. The zero-order valence-electron chi connectivity index (χ0n) is 12.2. The first kappa shape index (κ1) is 17.4. The molecule has 3 nitrogen and oxygen atoms in total. The van der Waals surface area contributed by atoms with Crippen molar-refractivity contribution in [1.82, 2.24) is 0 Å². The highest BCUT2D eigenvalue weighted by Crippen LogP contribution is 2.24. The van der Waals surface area contributed by atoms with Crippen LogP contribution in [0.1, 0.15) is 19.4 Å². The second kappa shape index (κ2) is 10.1. The number of hydrogen-bond acceptors (Lipinski definition) is 3. The Labute approximate surface area is 129 Å². The van der Waals surface area contributed by atoms with Gasteiger partial charge in [-0.25, -0.2) is 4.39 Å². The van der Waals surface area contributed by atoms with E-state index in [1.165, 1.54) is 6.07 Å². The van der Waals surface area contributed by atoms with Gasteiger partial charge in [-0.1, -0.05) is 15.9 Å². The van der Waals surface area contributed by atoms with Crippen molar-refractivity contribution >= 4 is 21.6 Å². The molecule has 0 fully saturated rings. The van der Waals surface area contributed by atoms with Gasteiger partial charge in [0.05, 0.1) is 13.2 Å². The predicted molar refractivity (Wildman–Crippen MR) is 84.2 cm³/mol. The van der Waals surface area contributed by atoms with Crippen LogP contribution in [-0.4, -0.2) is 39.5 Å². The molecule has 0 N–H and O–H groups in total. The van der Waals surface area contributed by atoms with Crippen LogP contribution in [0.15, 0.2) is 18.2 Å². The van der Waals surface area contributed by atoms with Crippen LogP contribution in [0.2, 0.25) is 0 Å². The van der Waals surface area contributed by atoms with Gasteiger partial charge in [0.1, 0.15) is 5.82 Å². The maximum Gasteiger partial charge on any atom is 0.123 e. The zero-order valence-corrected chi connectivity index (χ0v) is 13.8. The van der Waals surface area contributed by atoms with Crippen molar-refractivity contribution in [3.05, 3.63) is 29.6 Å². The molecule has 0 aliphatic heterocycles. The van der Waals surface area contributed by atoms with Crippen molar-refractivity contribution in [1.29, 1.82) is 0 Å². The minimum atomic E-state index is -0.210. The van der Waals surface area contributed by atoms with Crippen LogP contribution >= 0.6 is 15.9 Å². The van der Waals surface area contributed by atoms with E-state index in [9.17, 15) is 4.39 Å². The molecular weight excluding hydrogens is 325 g/mol. The van der Waals surface area contributed by atoms with E-state index in [1.807, 2.05) is 19.9 Å². The summed E-state index contributed by atoms with van der Waals surface area (Å²) in [6, 6.07) is 4.89. The van der Waals surface area contributed by atoms with Crippen molar-refractivity contribution in [3.63, 3.8) is 0 Å². The minimum absolute atomic E-state index is 0.210. The van der Waals surface area contributed by atoms with Gasteiger partial charge in [0.25, 0.3) is 0 Å². The van der Waals surface area contributed by atoms with Crippen LogP contribution in [0.5, 0.6) is 0 Å². The first-order chi connectivity index (χ1) is 9.72. The Kier molecular flexibility index (Phi) is 8.82. The van der Waals surface area contributed by atoms with E-state index in [4.69, 9.17) is 9.47 Å². The number of nitrogens with zero attached hydrogens (tertiary/aromatic N) is 1. The fourth-order valence-corrected chi connectivity index (χ4v) is 2.41. The van der Waals surface area contributed by atoms with Crippen molar-refractivity contribution in [2.75, 3.05) is 44.4 Å². The smallest absolute Gasteiger partial charge is 0.123 e. The van der Waals surface area contributed by atoms with E-state index in [1.54, 1.807) is 6.07 Å². The predicted octanol–water partition coefficient (Wildman–Crippen LogP) is 3.60. The second-order valence-corrected chi connectivity index (χ2v) is 4.85. The van der Waals surface area contributed by atoms with E-state index >= 15 is 0 Å². The van der Waals surface area contributed by atoms with Gasteiger partial charge in [0, 0.05) is 37.3 Å². The Morgan fingerprint density at radius 2 is 1.70 bits per heavy atom. The molecule has 1 rings (SSSR count). The summed E-state index contributed by atoms with van der Waals surface area (Å²) in [6.07, 6.45) is 0. The largest absolute Gasteiger partial charge is 0.380 e. The molecule has 1 aromatic rings. The highest BCUT2D eigenvalue weighted by atomic mass is 79.9. The topological polar surface area (TPSA) is 21.7 Å². The maximum atomic E-state index is 13.3. The molecule has 5 heteroatoms. The number of hydrogen-bond donors (Lipinski definition) is 0. The standard InChI is InChI=1S/C15H23BrFNO2/c1-3-19-9-7-18(8-10-20-4-2)15-6-5-14(17)11-13(15)12-16/h5-6,11H,3-4,7-10,12H2,1-2H3. The van der Waals surface area contributed by atoms with Crippen molar-refractivity contribution in [2.45, 2.75) is 19.2 Å². The number of ether oxygens (including phenoxy) is 2. The van der Waals surface area contributed by atoms with Gasteiger partial charge in [0.2, 0.25) is 0 Å². The zero-order chi connectivity index (χ0) is 14.8. The molecule has 0 saturated heterocycles. The monoisotopic (exact) mass is 347 g/mol. The Morgan fingerprint density at radius 3 is 2.20 bits per heavy atom. The molecule has 0 atom stereocenters. The summed E-state index contributed by atoms with van der Waals surface area (Å²) < 4.78 is 24.2. The van der Waals surface area contributed by atoms with Crippen LogP contribution in [0.3, 0.4) is 0 Å². The third-order valence-corrected chi connectivity index (χ3v) is 3.55. The number of halogens is 2. The van der Waals surface area contributed by atoms with Crippen LogP contribution in [-0.2, 0) is 14.8 Å². The SMILES string of the molecule is CCOCCN(CCOCC)c1ccc(F)cc1CBr. The molecular formula is C15H23BrFNO2. The summed E-state index contributed by atoms with van der Waals surface area (Å²) in [5, 5.41) is 0.625. The molecule has 0 bridgehead atoms.